The van der Waals surface area contributed by atoms with Crippen molar-refractivity contribution >= 4 is 11.7 Å². The second kappa shape index (κ2) is 7.38. The first-order chi connectivity index (χ1) is 10.1. The van der Waals surface area contributed by atoms with Crippen molar-refractivity contribution in [3.8, 4) is 0 Å². The number of carbonyl (C=O) groups is 1. The molecule has 1 fully saturated rings. The number of hydrogen-bond donors (Lipinski definition) is 1. The first-order valence-electron chi connectivity index (χ1n) is 7.94. The van der Waals surface area contributed by atoms with Crippen LogP contribution in [0.3, 0.4) is 0 Å². The minimum absolute atomic E-state index is 0.0559. The van der Waals surface area contributed by atoms with Gasteiger partial charge in [-0.2, -0.15) is 0 Å². The smallest absolute Gasteiger partial charge is 0.225 e. The SMILES string of the molecule is CCCC(C)NC(=O)C1CCCN(c2cncc(C)n2)C1. The number of anilines is 1. The molecule has 0 radical (unpaired) electrons. The molecule has 5 nitrogen and oxygen atoms in total. The first kappa shape index (κ1) is 15.7. The van der Waals surface area contributed by atoms with Gasteiger partial charge in [-0.05, 0) is 33.1 Å². The van der Waals surface area contributed by atoms with Crippen LogP contribution in [0.25, 0.3) is 0 Å². The van der Waals surface area contributed by atoms with Gasteiger partial charge in [0.25, 0.3) is 0 Å². The van der Waals surface area contributed by atoms with Gasteiger partial charge in [0.15, 0.2) is 0 Å². The highest BCUT2D eigenvalue weighted by molar-refractivity contribution is 5.79. The zero-order chi connectivity index (χ0) is 15.2. The monoisotopic (exact) mass is 290 g/mol. The molecule has 0 bridgehead atoms. The summed E-state index contributed by atoms with van der Waals surface area (Å²) in [5, 5.41) is 3.13. The molecule has 5 heteroatoms. The normalized spacial score (nSPS) is 20.1. The van der Waals surface area contributed by atoms with Crippen LogP contribution in [-0.2, 0) is 4.79 Å². The fraction of sp³-hybridized carbons (Fsp3) is 0.688. The molecule has 1 saturated heterocycles. The fourth-order valence-electron chi connectivity index (χ4n) is 2.87. The number of rotatable bonds is 5. The predicted molar refractivity (Wildman–Crippen MR) is 84.2 cm³/mol. The minimum atomic E-state index is 0.0559. The Morgan fingerprint density at radius 2 is 2.33 bits per heavy atom. The predicted octanol–water partition coefficient (Wildman–Crippen LogP) is 2.31. The number of aromatic nitrogens is 2. The van der Waals surface area contributed by atoms with Crippen LogP contribution < -0.4 is 10.2 Å². The van der Waals surface area contributed by atoms with Crippen molar-refractivity contribution in [2.45, 2.75) is 52.5 Å². The van der Waals surface area contributed by atoms with E-state index in [0.29, 0.717) is 0 Å². The Morgan fingerprint density at radius 1 is 1.52 bits per heavy atom. The summed E-state index contributed by atoms with van der Waals surface area (Å²) in [4.78, 5) is 23.2. The average Bonchev–Trinajstić information content (AvgIpc) is 2.47. The molecule has 1 N–H and O–H groups in total. The summed E-state index contributed by atoms with van der Waals surface area (Å²) >= 11 is 0. The maximum Gasteiger partial charge on any atom is 0.225 e. The van der Waals surface area contributed by atoms with Gasteiger partial charge in [0.2, 0.25) is 5.91 Å². The van der Waals surface area contributed by atoms with E-state index >= 15 is 0 Å². The number of carbonyl (C=O) groups excluding carboxylic acids is 1. The Kier molecular flexibility index (Phi) is 5.53. The molecule has 2 rings (SSSR count). The minimum Gasteiger partial charge on any atom is -0.355 e. The zero-order valence-electron chi connectivity index (χ0n) is 13.3. The van der Waals surface area contributed by atoms with Gasteiger partial charge in [-0.1, -0.05) is 13.3 Å². The van der Waals surface area contributed by atoms with E-state index < -0.39 is 0 Å². The molecule has 2 atom stereocenters. The summed E-state index contributed by atoms with van der Waals surface area (Å²) < 4.78 is 0. The zero-order valence-corrected chi connectivity index (χ0v) is 13.3. The molecule has 116 valence electrons. The first-order valence-corrected chi connectivity index (χ1v) is 7.94. The van der Waals surface area contributed by atoms with Gasteiger partial charge in [0.05, 0.1) is 17.8 Å². The number of hydrogen-bond acceptors (Lipinski definition) is 4. The summed E-state index contributed by atoms with van der Waals surface area (Å²) in [5.41, 5.74) is 0.913. The lowest BCUT2D eigenvalue weighted by molar-refractivity contribution is -0.125. The number of nitrogens with one attached hydrogen (secondary N) is 1. The fourth-order valence-corrected chi connectivity index (χ4v) is 2.87. The molecular weight excluding hydrogens is 264 g/mol. The summed E-state index contributed by atoms with van der Waals surface area (Å²) in [6, 6.07) is 0.261. The molecule has 0 aromatic carbocycles. The lowest BCUT2D eigenvalue weighted by atomic mass is 9.96. The summed E-state index contributed by atoms with van der Waals surface area (Å²) in [6.45, 7) is 7.85. The number of amides is 1. The molecule has 1 amide bonds. The Bertz CT molecular complexity index is 477. The molecule has 1 aliphatic rings. The van der Waals surface area contributed by atoms with Crippen LogP contribution in [0.1, 0.15) is 45.2 Å². The molecule has 2 unspecified atom stereocenters. The Labute approximate surface area is 127 Å². The van der Waals surface area contributed by atoms with Gasteiger partial charge >= 0.3 is 0 Å². The van der Waals surface area contributed by atoms with Crippen molar-refractivity contribution in [2.75, 3.05) is 18.0 Å². The molecule has 1 aliphatic heterocycles. The Balaban J connectivity index is 1.95. The maximum absolute atomic E-state index is 12.4. The van der Waals surface area contributed by atoms with Crippen molar-refractivity contribution in [1.29, 1.82) is 0 Å². The van der Waals surface area contributed by atoms with E-state index in [1.165, 1.54) is 0 Å². The van der Waals surface area contributed by atoms with E-state index in [4.69, 9.17) is 0 Å². The number of piperidine rings is 1. The van der Waals surface area contributed by atoms with Crippen LogP contribution in [0.2, 0.25) is 0 Å². The standard InChI is InChI=1S/C16H26N4O/c1-4-6-12(2)19-16(21)14-7-5-8-20(11-14)15-10-17-9-13(3)18-15/h9-10,12,14H,4-8,11H2,1-3H3,(H,19,21). The largest absolute Gasteiger partial charge is 0.355 e. The van der Waals surface area contributed by atoms with Crippen molar-refractivity contribution in [3.05, 3.63) is 18.1 Å². The third kappa shape index (κ3) is 4.41. The molecule has 1 aromatic heterocycles. The molecule has 0 aliphatic carbocycles. The van der Waals surface area contributed by atoms with Gasteiger partial charge in [0.1, 0.15) is 5.82 Å². The molecule has 0 spiro atoms. The quantitative estimate of drug-likeness (QED) is 0.904. The highest BCUT2D eigenvalue weighted by atomic mass is 16.2. The van der Waals surface area contributed by atoms with Crippen molar-refractivity contribution < 1.29 is 4.79 Å². The van der Waals surface area contributed by atoms with E-state index in [9.17, 15) is 4.79 Å². The number of aryl methyl sites for hydroxylation is 1. The van der Waals surface area contributed by atoms with Gasteiger partial charge < -0.3 is 10.2 Å². The van der Waals surface area contributed by atoms with Crippen molar-refractivity contribution in [1.82, 2.24) is 15.3 Å². The highest BCUT2D eigenvalue weighted by Crippen LogP contribution is 2.21. The van der Waals surface area contributed by atoms with Gasteiger partial charge in [-0.15, -0.1) is 0 Å². The van der Waals surface area contributed by atoms with E-state index in [1.54, 1.807) is 12.4 Å². The third-order valence-corrected chi connectivity index (χ3v) is 3.97. The van der Waals surface area contributed by atoms with E-state index in [1.807, 2.05) is 6.92 Å². The van der Waals surface area contributed by atoms with Gasteiger partial charge in [-0.25, -0.2) is 4.98 Å². The second-order valence-electron chi connectivity index (χ2n) is 6.00. The third-order valence-electron chi connectivity index (χ3n) is 3.97. The Hall–Kier alpha value is -1.65. The van der Waals surface area contributed by atoms with Crippen LogP contribution in [0.15, 0.2) is 12.4 Å². The van der Waals surface area contributed by atoms with Gasteiger partial charge in [-0.3, -0.25) is 9.78 Å². The van der Waals surface area contributed by atoms with Crippen LogP contribution in [0.5, 0.6) is 0 Å². The summed E-state index contributed by atoms with van der Waals surface area (Å²) in [6.07, 6.45) is 7.65. The maximum atomic E-state index is 12.4. The number of nitrogens with zero attached hydrogens (tertiary/aromatic N) is 3. The Morgan fingerprint density at radius 3 is 3.05 bits per heavy atom. The molecule has 0 saturated carbocycles. The lowest BCUT2D eigenvalue weighted by Gasteiger charge is -2.33. The summed E-state index contributed by atoms with van der Waals surface area (Å²) in [5.74, 6) is 1.12. The van der Waals surface area contributed by atoms with Crippen molar-refractivity contribution in [2.24, 2.45) is 5.92 Å². The molecule has 21 heavy (non-hydrogen) atoms. The van der Waals surface area contributed by atoms with Crippen molar-refractivity contribution in [3.63, 3.8) is 0 Å². The van der Waals surface area contributed by atoms with Crippen LogP contribution in [0, 0.1) is 12.8 Å². The van der Waals surface area contributed by atoms with E-state index in [0.717, 1.165) is 50.3 Å². The molecular formula is C16H26N4O. The van der Waals surface area contributed by atoms with Crippen LogP contribution >= 0.6 is 0 Å². The summed E-state index contributed by atoms with van der Waals surface area (Å²) in [7, 11) is 0. The van der Waals surface area contributed by atoms with E-state index in [-0.39, 0.29) is 17.9 Å². The highest BCUT2D eigenvalue weighted by Gasteiger charge is 2.27. The topological polar surface area (TPSA) is 58.1 Å². The lowest BCUT2D eigenvalue weighted by Crippen LogP contribution is -2.45. The van der Waals surface area contributed by atoms with Crippen LogP contribution in [0.4, 0.5) is 5.82 Å². The average molecular weight is 290 g/mol. The van der Waals surface area contributed by atoms with Gasteiger partial charge in [0, 0.05) is 25.3 Å². The van der Waals surface area contributed by atoms with Crippen LogP contribution in [-0.4, -0.2) is 35.0 Å². The molecule has 2 heterocycles. The second-order valence-corrected chi connectivity index (χ2v) is 6.00. The molecule has 1 aromatic rings. The van der Waals surface area contributed by atoms with E-state index in [2.05, 4.69) is 34.0 Å².